The van der Waals surface area contributed by atoms with Crippen molar-refractivity contribution in [3.05, 3.63) is 17.7 Å². The average molecular weight is 439 g/mol. The van der Waals surface area contributed by atoms with Crippen molar-refractivity contribution in [2.45, 2.75) is 78.2 Å². The summed E-state index contributed by atoms with van der Waals surface area (Å²) < 4.78 is 0. The van der Waals surface area contributed by atoms with Crippen molar-refractivity contribution >= 4 is 35.2 Å². The molecule has 6 heteroatoms. The highest BCUT2D eigenvalue weighted by Crippen LogP contribution is 2.37. The maximum atomic E-state index is 6.48. The van der Waals surface area contributed by atoms with Gasteiger partial charge in [-0.2, -0.15) is 0 Å². The zero-order valence-electron chi connectivity index (χ0n) is 20.3. The molecule has 176 valence electrons. The second-order valence-corrected chi connectivity index (χ2v) is 9.19. The molecular weight excluding hydrogens is 396 g/mol. The Morgan fingerprint density at radius 3 is 2.59 bits per heavy atom. The first-order valence-corrected chi connectivity index (χ1v) is 12.5. The lowest BCUT2D eigenvalue weighted by atomic mass is 9.82. The third-order valence-electron chi connectivity index (χ3n) is 6.71. The van der Waals surface area contributed by atoms with E-state index in [1.807, 2.05) is 33.2 Å². The number of hydrogen-bond donors (Lipinski definition) is 2. The van der Waals surface area contributed by atoms with Gasteiger partial charge < -0.3 is 10.6 Å². The Labute approximate surface area is 194 Å². The highest BCUT2D eigenvalue weighted by atomic mass is 15.1. The van der Waals surface area contributed by atoms with E-state index in [2.05, 4.69) is 37.3 Å². The van der Waals surface area contributed by atoms with Gasteiger partial charge in [-0.25, -0.2) is 0 Å². The summed E-state index contributed by atoms with van der Waals surface area (Å²) in [6, 6.07) is 5.05. The molecule has 1 aromatic carbocycles. The zero-order valence-corrected chi connectivity index (χ0v) is 20.3. The Kier molecular flexibility index (Phi) is 9.72. The highest BCUT2D eigenvalue weighted by Gasteiger charge is 2.23. The molecule has 0 unspecified atom stereocenters. The maximum Gasteiger partial charge on any atom is 0.0890 e. The van der Waals surface area contributed by atoms with Crippen molar-refractivity contribution in [2.75, 3.05) is 36.9 Å². The monoisotopic (exact) mass is 438 g/mol. The van der Waals surface area contributed by atoms with Crippen LogP contribution in [0.5, 0.6) is 0 Å². The van der Waals surface area contributed by atoms with Crippen LogP contribution in [0.3, 0.4) is 0 Å². The Balaban J connectivity index is 1.58. The summed E-state index contributed by atoms with van der Waals surface area (Å²) in [6.07, 6.45) is 13.6. The molecule has 2 fully saturated rings. The van der Waals surface area contributed by atoms with Crippen LogP contribution in [0.1, 0.15) is 71.3 Å². The number of hydrogen-bond acceptors (Lipinski definition) is 6. The normalized spacial score (nSPS) is 22.8. The first-order chi connectivity index (χ1) is 15.6. The van der Waals surface area contributed by atoms with Crippen molar-refractivity contribution in [1.29, 1.82) is 0 Å². The van der Waals surface area contributed by atoms with Crippen LogP contribution in [0, 0.1) is 5.92 Å². The van der Waals surface area contributed by atoms with Gasteiger partial charge in [0.25, 0.3) is 0 Å². The third-order valence-corrected chi connectivity index (χ3v) is 6.71. The number of nitrogens with one attached hydrogen (secondary N) is 1. The third kappa shape index (κ3) is 7.16. The van der Waals surface area contributed by atoms with Gasteiger partial charge in [-0.1, -0.05) is 0 Å². The van der Waals surface area contributed by atoms with Crippen molar-refractivity contribution in [3.63, 3.8) is 0 Å². The van der Waals surface area contributed by atoms with Gasteiger partial charge in [0.15, 0.2) is 0 Å². The number of nitrogens with two attached hydrogens (primary N) is 1. The fourth-order valence-electron chi connectivity index (χ4n) is 4.92. The van der Waals surface area contributed by atoms with Gasteiger partial charge in [0, 0.05) is 43.8 Å². The molecule has 1 aliphatic carbocycles. The van der Waals surface area contributed by atoms with Crippen LogP contribution in [0.4, 0.5) is 17.1 Å². The van der Waals surface area contributed by atoms with Crippen LogP contribution in [0.15, 0.2) is 27.1 Å². The molecule has 1 saturated carbocycles. The molecule has 6 nitrogen and oxygen atoms in total. The second kappa shape index (κ2) is 12.7. The average Bonchev–Trinajstić information content (AvgIpc) is 2.81. The van der Waals surface area contributed by atoms with E-state index in [1.54, 1.807) is 0 Å². The van der Waals surface area contributed by atoms with E-state index < -0.39 is 0 Å². The molecule has 1 heterocycles. The fourth-order valence-corrected chi connectivity index (χ4v) is 4.92. The van der Waals surface area contributed by atoms with Gasteiger partial charge in [-0.05, 0) is 95.8 Å². The number of nitrogen functional groups attached to an aromatic ring is 1. The van der Waals surface area contributed by atoms with E-state index in [0.717, 1.165) is 43.1 Å². The maximum absolute atomic E-state index is 6.48. The lowest BCUT2D eigenvalue weighted by molar-refractivity contribution is 0.293. The number of benzene rings is 1. The lowest BCUT2D eigenvalue weighted by Crippen LogP contribution is -2.34. The topological polar surface area (TPSA) is 78.4 Å². The van der Waals surface area contributed by atoms with Crippen LogP contribution in [-0.2, 0) is 6.42 Å². The summed E-state index contributed by atoms with van der Waals surface area (Å²) in [5.41, 5.74) is 11.9. The van der Waals surface area contributed by atoms with Crippen LogP contribution in [-0.4, -0.2) is 50.5 Å². The minimum absolute atomic E-state index is 0.559. The van der Waals surface area contributed by atoms with Gasteiger partial charge in [0.1, 0.15) is 0 Å². The molecule has 0 spiro atoms. The van der Waals surface area contributed by atoms with Gasteiger partial charge in [-0.15, -0.1) is 0 Å². The first-order valence-electron chi connectivity index (χ1n) is 12.5. The quantitative estimate of drug-likeness (QED) is 0.412. The Morgan fingerprint density at radius 1 is 1.16 bits per heavy atom. The molecule has 0 aromatic heterocycles. The van der Waals surface area contributed by atoms with Gasteiger partial charge in [0.2, 0.25) is 0 Å². The molecular formula is C26H42N6. The van der Waals surface area contributed by atoms with Crippen LogP contribution >= 0.6 is 0 Å². The second-order valence-electron chi connectivity index (χ2n) is 9.19. The van der Waals surface area contributed by atoms with E-state index >= 15 is 0 Å². The summed E-state index contributed by atoms with van der Waals surface area (Å²) >= 11 is 0. The van der Waals surface area contributed by atoms with E-state index in [0.29, 0.717) is 18.6 Å². The van der Waals surface area contributed by atoms with E-state index in [-0.39, 0.29) is 0 Å². The van der Waals surface area contributed by atoms with E-state index in [4.69, 9.17) is 5.73 Å². The molecule has 0 amide bonds. The molecule has 1 aromatic rings. The van der Waals surface area contributed by atoms with Crippen molar-refractivity contribution in [1.82, 2.24) is 5.32 Å². The molecule has 0 atom stereocenters. The Morgan fingerprint density at radius 2 is 1.91 bits per heavy atom. The Hall–Kier alpha value is -2.21. The lowest BCUT2D eigenvalue weighted by Gasteiger charge is -2.31. The summed E-state index contributed by atoms with van der Waals surface area (Å²) in [5, 5.41) is 3.61. The SMILES string of the molecule is C/C=N\c1c(N)cc(N2CCCCC2)cc1CC1CCC(NC/N=C(C)\C=N/CC)CC1. The standard InChI is InChI=1S/C26H42N6/c1-4-28-18-20(3)30-19-31-23-11-9-21(10-12-23)15-22-16-24(32-13-7-6-8-14-32)17-25(27)26(22)29-5-2/h5,16-18,21,23,31H,4,6-15,19,27H2,1-3H3/b28-18-,29-5-,30-20-. The van der Waals surface area contributed by atoms with E-state index in [1.165, 1.54) is 56.2 Å². The summed E-state index contributed by atoms with van der Waals surface area (Å²) in [5.74, 6) is 0.691. The molecule has 1 saturated heterocycles. The number of rotatable bonds is 9. The highest BCUT2D eigenvalue weighted by molar-refractivity contribution is 6.29. The predicted molar refractivity (Wildman–Crippen MR) is 140 cm³/mol. The molecule has 3 rings (SSSR count). The first kappa shape index (κ1) is 24.4. The van der Waals surface area contributed by atoms with Crippen LogP contribution in [0.25, 0.3) is 0 Å². The molecule has 2 aliphatic rings. The number of piperidine rings is 1. The van der Waals surface area contributed by atoms with Crippen molar-refractivity contribution in [2.24, 2.45) is 20.9 Å². The fraction of sp³-hybridized carbons (Fsp3) is 0.654. The number of aliphatic imine (C=N–C) groups is 3. The van der Waals surface area contributed by atoms with Gasteiger partial charge in [0.05, 0.1) is 23.8 Å². The van der Waals surface area contributed by atoms with Gasteiger partial charge in [-0.3, -0.25) is 20.3 Å². The zero-order chi connectivity index (χ0) is 22.8. The van der Waals surface area contributed by atoms with E-state index in [9.17, 15) is 0 Å². The summed E-state index contributed by atoms with van der Waals surface area (Å²) in [7, 11) is 0. The van der Waals surface area contributed by atoms with Crippen molar-refractivity contribution < 1.29 is 0 Å². The smallest absolute Gasteiger partial charge is 0.0890 e. The number of anilines is 2. The summed E-state index contributed by atoms with van der Waals surface area (Å²) in [6.45, 7) is 9.78. The van der Waals surface area contributed by atoms with Gasteiger partial charge >= 0.3 is 0 Å². The molecule has 1 aliphatic heterocycles. The predicted octanol–water partition coefficient (Wildman–Crippen LogP) is 5.18. The minimum atomic E-state index is 0.559. The molecule has 3 N–H and O–H groups in total. The minimum Gasteiger partial charge on any atom is -0.397 e. The largest absolute Gasteiger partial charge is 0.397 e. The molecule has 0 radical (unpaired) electrons. The van der Waals surface area contributed by atoms with Crippen LogP contribution < -0.4 is 16.0 Å². The van der Waals surface area contributed by atoms with Crippen LogP contribution in [0.2, 0.25) is 0 Å². The molecule has 32 heavy (non-hydrogen) atoms. The summed E-state index contributed by atoms with van der Waals surface area (Å²) in [4.78, 5) is 15.9. The molecule has 0 bridgehead atoms. The Bertz CT molecular complexity index is 799. The van der Waals surface area contributed by atoms with Crippen molar-refractivity contribution in [3.8, 4) is 0 Å². The number of nitrogens with zero attached hydrogens (tertiary/aromatic N) is 4.